The summed E-state index contributed by atoms with van der Waals surface area (Å²) in [6.07, 6.45) is 1.70. The molecular weight excluding hydrogens is 216 g/mol. The number of fused-ring (bicyclic) bond motifs is 1. The Bertz CT molecular complexity index is 608. The van der Waals surface area contributed by atoms with Crippen molar-refractivity contribution in [1.29, 1.82) is 0 Å². The third kappa shape index (κ3) is 1.99. The van der Waals surface area contributed by atoms with Crippen LogP contribution in [0.2, 0.25) is 0 Å². The first-order chi connectivity index (χ1) is 8.31. The summed E-state index contributed by atoms with van der Waals surface area (Å²) in [6, 6.07) is 7.89. The zero-order valence-electron chi connectivity index (χ0n) is 9.40. The number of aryl methyl sites for hydroxylation is 1. The Balaban J connectivity index is 1.76. The summed E-state index contributed by atoms with van der Waals surface area (Å²) in [5, 5.41) is 3.14. The van der Waals surface area contributed by atoms with Crippen molar-refractivity contribution in [1.82, 2.24) is 15.0 Å². The Hall–Kier alpha value is -2.30. The molecule has 2 heterocycles. The molecule has 0 unspecified atom stereocenters. The van der Waals surface area contributed by atoms with Gasteiger partial charge < -0.3 is 14.7 Å². The highest BCUT2D eigenvalue weighted by Crippen LogP contribution is 2.13. The largest absolute Gasteiger partial charge is 0.444 e. The molecular formula is C12H12N4O. The Morgan fingerprint density at radius 1 is 1.35 bits per heavy atom. The Labute approximate surface area is 97.9 Å². The van der Waals surface area contributed by atoms with Gasteiger partial charge in [-0.1, -0.05) is 12.1 Å². The second kappa shape index (κ2) is 3.93. The molecule has 2 aromatic heterocycles. The van der Waals surface area contributed by atoms with Crippen molar-refractivity contribution < 1.29 is 4.42 Å². The average molecular weight is 228 g/mol. The molecule has 0 radical (unpaired) electrons. The fourth-order valence-corrected chi connectivity index (χ4v) is 1.68. The quantitative estimate of drug-likeness (QED) is 0.722. The molecule has 0 aliphatic carbocycles. The van der Waals surface area contributed by atoms with Gasteiger partial charge in [0.05, 0.1) is 23.8 Å². The van der Waals surface area contributed by atoms with Crippen molar-refractivity contribution in [3.05, 3.63) is 42.1 Å². The highest BCUT2D eigenvalue weighted by Gasteiger charge is 2.03. The van der Waals surface area contributed by atoms with Crippen LogP contribution in [0.5, 0.6) is 0 Å². The number of benzene rings is 1. The molecule has 0 fully saturated rings. The smallest absolute Gasteiger partial charge is 0.213 e. The van der Waals surface area contributed by atoms with E-state index in [9.17, 15) is 0 Å². The minimum absolute atomic E-state index is 0.521. The number of oxazole rings is 1. The molecule has 0 bridgehead atoms. The Morgan fingerprint density at radius 3 is 3.00 bits per heavy atom. The van der Waals surface area contributed by atoms with Gasteiger partial charge >= 0.3 is 0 Å². The maximum Gasteiger partial charge on any atom is 0.213 e. The molecule has 86 valence electrons. The van der Waals surface area contributed by atoms with Crippen LogP contribution in [0, 0.1) is 6.92 Å². The highest BCUT2D eigenvalue weighted by molar-refractivity contribution is 5.77. The molecule has 0 atom stereocenters. The summed E-state index contributed by atoms with van der Waals surface area (Å²) in [7, 11) is 0. The van der Waals surface area contributed by atoms with Gasteiger partial charge in [-0.2, -0.15) is 0 Å². The molecule has 0 saturated heterocycles. The monoisotopic (exact) mass is 228 g/mol. The number of H-pyrrole nitrogens is 1. The van der Waals surface area contributed by atoms with Crippen LogP contribution >= 0.6 is 0 Å². The van der Waals surface area contributed by atoms with Crippen molar-refractivity contribution in [3.63, 3.8) is 0 Å². The zero-order valence-corrected chi connectivity index (χ0v) is 9.40. The van der Waals surface area contributed by atoms with Gasteiger partial charge in [-0.15, -0.1) is 0 Å². The van der Waals surface area contributed by atoms with Crippen molar-refractivity contribution >= 4 is 17.0 Å². The molecule has 5 heteroatoms. The molecule has 3 rings (SSSR count). The van der Waals surface area contributed by atoms with Crippen LogP contribution in [0.4, 0.5) is 5.95 Å². The third-order valence-electron chi connectivity index (χ3n) is 2.47. The number of imidazole rings is 1. The maximum absolute atomic E-state index is 5.36. The molecule has 17 heavy (non-hydrogen) atoms. The van der Waals surface area contributed by atoms with E-state index < -0.39 is 0 Å². The highest BCUT2D eigenvalue weighted by atomic mass is 16.4. The summed E-state index contributed by atoms with van der Waals surface area (Å²) in [6.45, 7) is 2.39. The number of rotatable bonds is 3. The van der Waals surface area contributed by atoms with Gasteiger partial charge in [0, 0.05) is 0 Å². The van der Waals surface area contributed by atoms with Gasteiger partial charge in [0.2, 0.25) is 11.8 Å². The minimum Gasteiger partial charge on any atom is -0.444 e. The molecule has 0 aliphatic rings. The lowest BCUT2D eigenvalue weighted by molar-refractivity contribution is 0.478. The molecule has 0 spiro atoms. The molecule has 5 nitrogen and oxygen atoms in total. The van der Waals surface area contributed by atoms with Crippen molar-refractivity contribution in [2.75, 3.05) is 5.32 Å². The summed E-state index contributed by atoms with van der Waals surface area (Å²) in [5.41, 5.74) is 1.96. The Kier molecular flexibility index (Phi) is 2.29. The number of aromatic amines is 1. The average Bonchev–Trinajstić information content (AvgIpc) is 2.91. The van der Waals surface area contributed by atoms with E-state index in [0.29, 0.717) is 12.4 Å². The first kappa shape index (κ1) is 9.89. The number of nitrogens with one attached hydrogen (secondary N) is 2. The normalized spacial score (nSPS) is 10.9. The predicted octanol–water partition coefficient (Wildman–Crippen LogP) is 2.47. The second-order valence-electron chi connectivity index (χ2n) is 3.82. The molecule has 0 amide bonds. The van der Waals surface area contributed by atoms with E-state index in [4.69, 9.17) is 4.42 Å². The molecule has 0 saturated carbocycles. The van der Waals surface area contributed by atoms with Crippen LogP contribution in [-0.4, -0.2) is 15.0 Å². The van der Waals surface area contributed by atoms with E-state index in [0.717, 1.165) is 22.7 Å². The molecule has 0 aliphatic heterocycles. The summed E-state index contributed by atoms with van der Waals surface area (Å²) < 4.78 is 5.36. The molecule has 2 N–H and O–H groups in total. The van der Waals surface area contributed by atoms with Crippen LogP contribution in [0.25, 0.3) is 11.0 Å². The van der Waals surface area contributed by atoms with E-state index >= 15 is 0 Å². The van der Waals surface area contributed by atoms with Crippen molar-refractivity contribution in [2.45, 2.75) is 13.5 Å². The number of nitrogens with zero attached hydrogens (tertiary/aromatic N) is 2. The van der Waals surface area contributed by atoms with Gasteiger partial charge in [-0.3, -0.25) is 0 Å². The number of anilines is 1. The molecule has 3 aromatic rings. The lowest BCUT2D eigenvalue weighted by atomic mass is 10.3. The van der Waals surface area contributed by atoms with Crippen LogP contribution in [0.15, 0.2) is 34.9 Å². The second-order valence-corrected chi connectivity index (χ2v) is 3.82. The summed E-state index contributed by atoms with van der Waals surface area (Å²) >= 11 is 0. The van der Waals surface area contributed by atoms with Gasteiger partial charge in [-0.25, -0.2) is 9.97 Å². The van der Waals surface area contributed by atoms with Crippen LogP contribution in [0.1, 0.15) is 11.7 Å². The topological polar surface area (TPSA) is 66.7 Å². The fourth-order valence-electron chi connectivity index (χ4n) is 1.68. The minimum atomic E-state index is 0.521. The van der Waals surface area contributed by atoms with E-state index in [-0.39, 0.29) is 0 Å². The van der Waals surface area contributed by atoms with Gasteiger partial charge in [0.1, 0.15) is 5.76 Å². The van der Waals surface area contributed by atoms with Gasteiger partial charge in [-0.05, 0) is 19.1 Å². The summed E-state index contributed by atoms with van der Waals surface area (Å²) in [4.78, 5) is 11.7. The zero-order chi connectivity index (χ0) is 11.7. The van der Waals surface area contributed by atoms with E-state index in [1.54, 1.807) is 6.20 Å². The predicted molar refractivity (Wildman–Crippen MR) is 64.7 cm³/mol. The first-order valence-electron chi connectivity index (χ1n) is 5.41. The van der Waals surface area contributed by atoms with E-state index in [1.165, 1.54) is 0 Å². The number of hydrogen-bond acceptors (Lipinski definition) is 4. The van der Waals surface area contributed by atoms with E-state index in [2.05, 4.69) is 20.3 Å². The lowest BCUT2D eigenvalue weighted by Crippen LogP contribution is -2.00. The Morgan fingerprint density at radius 2 is 2.24 bits per heavy atom. The van der Waals surface area contributed by atoms with Crippen molar-refractivity contribution in [3.8, 4) is 0 Å². The number of aromatic nitrogens is 3. The fraction of sp³-hybridized carbons (Fsp3) is 0.167. The van der Waals surface area contributed by atoms with Crippen LogP contribution in [-0.2, 0) is 6.54 Å². The van der Waals surface area contributed by atoms with E-state index in [1.807, 2.05) is 31.2 Å². The standard InChI is InChI=1S/C12H12N4O/c1-8-6-13-11(17-8)7-14-12-15-9-4-2-3-5-10(9)16-12/h2-6H,7H2,1H3,(H2,14,15,16). The SMILES string of the molecule is Cc1cnc(CNc2nc3ccccc3[nH]2)o1. The maximum atomic E-state index is 5.36. The lowest BCUT2D eigenvalue weighted by Gasteiger charge is -1.97. The molecule has 1 aromatic carbocycles. The van der Waals surface area contributed by atoms with Gasteiger partial charge in [0.25, 0.3) is 0 Å². The third-order valence-corrected chi connectivity index (χ3v) is 2.47. The van der Waals surface area contributed by atoms with Gasteiger partial charge in [0.15, 0.2) is 0 Å². The van der Waals surface area contributed by atoms with Crippen LogP contribution in [0.3, 0.4) is 0 Å². The number of para-hydroxylation sites is 2. The number of hydrogen-bond donors (Lipinski definition) is 2. The van der Waals surface area contributed by atoms with Crippen LogP contribution < -0.4 is 5.32 Å². The first-order valence-corrected chi connectivity index (χ1v) is 5.41. The summed E-state index contributed by atoms with van der Waals surface area (Å²) in [5.74, 6) is 2.19. The van der Waals surface area contributed by atoms with Crippen molar-refractivity contribution in [2.24, 2.45) is 0 Å².